The molecule has 0 aromatic carbocycles. The molecule has 1 N–H and O–H groups in total. The van der Waals surface area contributed by atoms with E-state index >= 15 is 0 Å². The lowest BCUT2D eigenvalue weighted by Crippen LogP contribution is -2.40. The maximum Gasteiger partial charge on any atom is 0.361 e. The van der Waals surface area contributed by atoms with Crippen LogP contribution in [0, 0.1) is 0 Å². The highest BCUT2D eigenvalue weighted by molar-refractivity contribution is 5.71. The number of likely N-dealkylation sites (N-methyl/N-ethyl adjacent to an activating group) is 1. The molecule has 0 rings (SSSR count). The van der Waals surface area contributed by atoms with E-state index in [1.807, 2.05) is 21.1 Å². The van der Waals surface area contributed by atoms with E-state index in [1.165, 1.54) is 128 Å². The Kier molecular flexibility index (Phi) is 43.8. The fourth-order valence-corrected chi connectivity index (χ4v) is 7.12. The highest BCUT2D eigenvalue weighted by atomic mass is 16.7. The number of hydrogen-bond acceptors (Lipinski definition) is 7. The summed E-state index contributed by atoms with van der Waals surface area (Å²) in [5.41, 5.74) is 0. The lowest BCUT2D eigenvalue weighted by molar-refractivity contribution is -0.870. The standard InChI is InChI=1S/C54H97NO8/c1-6-8-10-12-14-15-16-17-18-19-20-21-22-23-24-25-26-27-28-29-30-31-32-33-34-35-36-37-39-41-43-45-52(57)63-50(48-61-51(56)44-42-40-38-13-11-9-7-2)49-62-54(53(58)59)60-47-46-55(3,4)5/h8,10,14-15,17-18,20-21,50,54H,6-7,9,11-13,16,19,22-49H2,1-5H3/p+1/b10-8-,15-14-,18-17-,21-20-. The molecular formula is C54H98NO8+. The predicted octanol–water partition coefficient (Wildman–Crippen LogP) is 14.3. The van der Waals surface area contributed by atoms with E-state index < -0.39 is 24.3 Å². The lowest BCUT2D eigenvalue weighted by atomic mass is 10.0. The molecule has 9 nitrogen and oxygen atoms in total. The van der Waals surface area contributed by atoms with Crippen LogP contribution < -0.4 is 0 Å². The van der Waals surface area contributed by atoms with Crippen molar-refractivity contribution >= 4 is 17.9 Å². The Morgan fingerprint density at radius 1 is 0.492 bits per heavy atom. The van der Waals surface area contributed by atoms with Gasteiger partial charge in [-0.2, -0.15) is 0 Å². The van der Waals surface area contributed by atoms with Gasteiger partial charge in [0, 0.05) is 12.8 Å². The highest BCUT2D eigenvalue weighted by Crippen LogP contribution is 2.16. The second-order valence-electron chi connectivity index (χ2n) is 18.5. The van der Waals surface area contributed by atoms with E-state index in [0.717, 1.165) is 64.2 Å². The molecule has 0 saturated carbocycles. The Morgan fingerprint density at radius 3 is 1.35 bits per heavy atom. The third-order valence-electron chi connectivity index (χ3n) is 11.1. The van der Waals surface area contributed by atoms with Crippen molar-refractivity contribution in [3.63, 3.8) is 0 Å². The molecule has 0 bridgehead atoms. The summed E-state index contributed by atoms with van der Waals surface area (Å²) in [7, 11) is 5.95. The van der Waals surface area contributed by atoms with E-state index in [0.29, 0.717) is 17.4 Å². The fraction of sp³-hybridized carbons (Fsp3) is 0.796. The average molecular weight is 889 g/mol. The van der Waals surface area contributed by atoms with Gasteiger partial charge >= 0.3 is 17.9 Å². The molecule has 0 heterocycles. The maximum atomic E-state index is 12.8. The lowest BCUT2D eigenvalue weighted by Gasteiger charge is -2.25. The Hall–Kier alpha value is -2.75. The van der Waals surface area contributed by atoms with Crippen molar-refractivity contribution in [2.75, 3.05) is 47.5 Å². The van der Waals surface area contributed by atoms with Gasteiger partial charge in [-0.3, -0.25) is 9.59 Å². The molecule has 63 heavy (non-hydrogen) atoms. The average Bonchev–Trinajstić information content (AvgIpc) is 3.24. The molecule has 0 saturated heterocycles. The molecule has 2 unspecified atom stereocenters. The number of aliphatic carboxylic acids is 1. The van der Waals surface area contributed by atoms with Crippen LogP contribution in [0.25, 0.3) is 0 Å². The first-order chi connectivity index (χ1) is 30.6. The number of allylic oxidation sites excluding steroid dienone is 8. The van der Waals surface area contributed by atoms with Crippen LogP contribution in [0.4, 0.5) is 0 Å². The molecule has 0 amide bonds. The van der Waals surface area contributed by atoms with Crippen molar-refractivity contribution < 1.29 is 42.9 Å². The molecule has 0 aromatic heterocycles. The summed E-state index contributed by atoms with van der Waals surface area (Å²) in [6, 6.07) is 0. The second kappa shape index (κ2) is 45.8. The van der Waals surface area contributed by atoms with Crippen LogP contribution in [0.1, 0.15) is 219 Å². The highest BCUT2D eigenvalue weighted by Gasteiger charge is 2.25. The normalized spacial score (nSPS) is 13.2. The van der Waals surface area contributed by atoms with Crippen molar-refractivity contribution in [1.82, 2.24) is 0 Å². The van der Waals surface area contributed by atoms with Crippen molar-refractivity contribution in [1.29, 1.82) is 0 Å². The minimum atomic E-state index is -1.50. The van der Waals surface area contributed by atoms with E-state index in [9.17, 15) is 19.5 Å². The van der Waals surface area contributed by atoms with Gasteiger partial charge in [0.05, 0.1) is 34.4 Å². The second-order valence-corrected chi connectivity index (χ2v) is 18.5. The minimum Gasteiger partial charge on any atom is -0.477 e. The first-order valence-electron chi connectivity index (χ1n) is 25.8. The zero-order valence-corrected chi connectivity index (χ0v) is 41.5. The SMILES string of the molecule is CC/C=C\C/C=C\C/C=C\C/C=C\CCCCCCCCCCCCCCCCCCCCC(=O)OC(COC(=O)CCCCCCCCC)COC(OCC[N+](C)(C)C)C(=O)O. The number of quaternary nitrogens is 1. The zero-order valence-electron chi connectivity index (χ0n) is 41.5. The van der Waals surface area contributed by atoms with Gasteiger partial charge < -0.3 is 28.5 Å². The molecule has 0 aliphatic carbocycles. The van der Waals surface area contributed by atoms with Crippen LogP contribution in [0.2, 0.25) is 0 Å². The van der Waals surface area contributed by atoms with Crippen LogP contribution in [-0.4, -0.2) is 87.4 Å². The van der Waals surface area contributed by atoms with E-state index in [-0.39, 0.29) is 32.2 Å². The van der Waals surface area contributed by atoms with Crippen LogP contribution in [0.5, 0.6) is 0 Å². The number of ether oxygens (including phenoxy) is 4. The van der Waals surface area contributed by atoms with E-state index in [4.69, 9.17) is 18.9 Å². The smallest absolute Gasteiger partial charge is 0.361 e. The number of carbonyl (C=O) groups is 3. The van der Waals surface area contributed by atoms with Crippen LogP contribution in [0.3, 0.4) is 0 Å². The summed E-state index contributed by atoms with van der Waals surface area (Å²) in [5.74, 6) is -2.01. The summed E-state index contributed by atoms with van der Waals surface area (Å²) < 4.78 is 22.7. The predicted molar refractivity (Wildman–Crippen MR) is 263 cm³/mol. The molecular weight excluding hydrogens is 791 g/mol. The monoisotopic (exact) mass is 889 g/mol. The van der Waals surface area contributed by atoms with Crippen LogP contribution in [-0.2, 0) is 33.3 Å². The summed E-state index contributed by atoms with van der Waals surface area (Å²) in [6.45, 7) is 4.72. The topological polar surface area (TPSA) is 108 Å². The summed E-state index contributed by atoms with van der Waals surface area (Å²) in [4.78, 5) is 37.0. The molecule has 0 spiro atoms. The van der Waals surface area contributed by atoms with Gasteiger partial charge in [-0.15, -0.1) is 0 Å². The number of unbranched alkanes of at least 4 members (excludes halogenated alkanes) is 24. The van der Waals surface area contributed by atoms with E-state index in [2.05, 4.69) is 62.5 Å². The molecule has 0 fully saturated rings. The number of carboxylic acid groups (broad SMARTS) is 1. The zero-order chi connectivity index (χ0) is 46.3. The number of hydrogen-bond donors (Lipinski definition) is 1. The van der Waals surface area contributed by atoms with Crippen molar-refractivity contribution in [2.24, 2.45) is 0 Å². The van der Waals surface area contributed by atoms with Gasteiger partial charge in [-0.1, -0.05) is 204 Å². The van der Waals surface area contributed by atoms with Gasteiger partial charge in [-0.25, -0.2) is 4.79 Å². The summed E-state index contributed by atoms with van der Waals surface area (Å²) in [6.07, 6.45) is 52.2. The van der Waals surface area contributed by atoms with Crippen molar-refractivity contribution in [2.45, 2.75) is 232 Å². The molecule has 0 aliphatic rings. The third-order valence-corrected chi connectivity index (χ3v) is 11.1. The fourth-order valence-electron chi connectivity index (χ4n) is 7.12. The first-order valence-corrected chi connectivity index (χ1v) is 25.8. The number of carbonyl (C=O) groups excluding carboxylic acids is 2. The van der Waals surface area contributed by atoms with Gasteiger partial charge in [0.25, 0.3) is 6.29 Å². The first kappa shape index (κ1) is 60.2. The molecule has 0 radical (unpaired) electrons. The van der Waals surface area contributed by atoms with Crippen molar-refractivity contribution in [3.05, 3.63) is 48.6 Å². The number of carboxylic acids is 1. The minimum absolute atomic E-state index is 0.179. The van der Waals surface area contributed by atoms with Crippen LogP contribution in [0.15, 0.2) is 48.6 Å². The molecule has 9 heteroatoms. The Bertz CT molecular complexity index is 1170. The van der Waals surface area contributed by atoms with Crippen LogP contribution >= 0.6 is 0 Å². The largest absolute Gasteiger partial charge is 0.477 e. The summed E-state index contributed by atoms with van der Waals surface area (Å²) >= 11 is 0. The Balaban J connectivity index is 4.01. The number of nitrogens with zero attached hydrogens (tertiary/aromatic N) is 1. The quantitative estimate of drug-likeness (QED) is 0.0212. The Labute approximate surface area is 387 Å². The third kappa shape index (κ3) is 47.0. The number of esters is 2. The molecule has 0 aliphatic heterocycles. The van der Waals surface area contributed by atoms with Gasteiger partial charge in [0.2, 0.25) is 0 Å². The van der Waals surface area contributed by atoms with Gasteiger partial charge in [0.1, 0.15) is 13.2 Å². The van der Waals surface area contributed by atoms with E-state index in [1.54, 1.807) is 0 Å². The molecule has 2 atom stereocenters. The summed E-state index contributed by atoms with van der Waals surface area (Å²) in [5, 5.41) is 9.62. The van der Waals surface area contributed by atoms with Gasteiger partial charge in [0.15, 0.2) is 6.10 Å². The molecule has 0 aromatic rings. The number of rotatable bonds is 47. The van der Waals surface area contributed by atoms with Gasteiger partial charge in [-0.05, 0) is 51.4 Å². The Morgan fingerprint density at radius 2 is 0.905 bits per heavy atom. The molecule has 366 valence electrons. The maximum absolute atomic E-state index is 12.8. The van der Waals surface area contributed by atoms with Crippen molar-refractivity contribution in [3.8, 4) is 0 Å².